The summed E-state index contributed by atoms with van der Waals surface area (Å²) in [4.78, 5) is 0. The third-order valence-corrected chi connectivity index (χ3v) is 78.9. The average Bonchev–Trinajstić information content (AvgIpc) is 3.20. The number of aryl methyl sites for hydroxylation is 7. The Morgan fingerprint density at radius 3 is 0.891 bits per heavy atom. The molecule has 0 spiro atoms. The summed E-state index contributed by atoms with van der Waals surface area (Å²) >= 11 is 0. The molecular formula is C49H52OSi5. The van der Waals surface area contributed by atoms with Gasteiger partial charge in [-0.25, -0.2) is 0 Å². The molecule has 55 heavy (non-hydrogen) atoms. The van der Waals surface area contributed by atoms with Crippen LogP contribution in [-0.4, -0.2) is 39.2 Å². The minimum Gasteiger partial charge on any atom is -0.458 e. The van der Waals surface area contributed by atoms with E-state index in [0.717, 1.165) is 0 Å². The first-order chi connectivity index (χ1) is 26.6. The lowest BCUT2D eigenvalue weighted by Crippen LogP contribution is -3.07. The molecule has 6 heteroatoms. The molecule has 1 unspecified atom stereocenters. The van der Waals surface area contributed by atoms with Crippen molar-refractivity contribution in [2.75, 3.05) is 0 Å². The highest BCUT2D eigenvalue weighted by atomic mass is 29.9. The summed E-state index contributed by atoms with van der Waals surface area (Å²) in [5, 5.41) is 10.7. The van der Waals surface area contributed by atoms with Crippen molar-refractivity contribution in [3.05, 3.63) is 209 Å². The molecule has 1 nitrogen and oxygen atoms in total. The zero-order valence-electron chi connectivity index (χ0n) is 33.4. The fourth-order valence-corrected chi connectivity index (χ4v) is 115. The fraction of sp³-hybridized carbons (Fsp3) is 0.143. The van der Waals surface area contributed by atoms with Crippen LogP contribution in [0, 0.1) is 48.5 Å². The second-order valence-electron chi connectivity index (χ2n) is 16.2. The number of hydrogen-bond donors (Lipinski definition) is 0. The van der Waals surface area contributed by atoms with E-state index >= 15 is 0 Å². The molecule has 1 heterocycles. The third-order valence-electron chi connectivity index (χ3n) is 12.5. The highest BCUT2D eigenvalue weighted by molar-refractivity contribution is 8.00. The van der Waals surface area contributed by atoms with Gasteiger partial charge in [0.15, 0.2) is 7.11 Å². The van der Waals surface area contributed by atoms with Gasteiger partial charge in [-0.05, 0) is 58.8 Å². The second kappa shape index (κ2) is 14.9. The Balaban J connectivity index is 1.71. The highest BCUT2D eigenvalue weighted by Gasteiger charge is 2.77. The van der Waals surface area contributed by atoms with Crippen LogP contribution in [0.4, 0.5) is 0 Å². The fourth-order valence-electron chi connectivity index (χ4n) is 9.74. The molecule has 7 aromatic carbocycles. The molecular weight excluding hydrogens is 745 g/mol. The molecule has 8 rings (SSSR count). The summed E-state index contributed by atoms with van der Waals surface area (Å²) < 4.78 is 8.48. The monoisotopic (exact) mass is 796 g/mol. The van der Waals surface area contributed by atoms with Crippen LogP contribution in [0.1, 0.15) is 38.9 Å². The first-order valence-electron chi connectivity index (χ1n) is 19.7. The van der Waals surface area contributed by atoms with E-state index in [1.807, 2.05) is 0 Å². The van der Waals surface area contributed by atoms with Gasteiger partial charge >= 0.3 is 0 Å². The molecule has 0 saturated carbocycles. The summed E-state index contributed by atoms with van der Waals surface area (Å²) in [5.74, 6) is 0. The quantitative estimate of drug-likeness (QED) is 0.196. The first-order valence-corrected chi connectivity index (χ1v) is 33.9. The van der Waals surface area contributed by atoms with Crippen LogP contribution in [0.2, 0.25) is 0 Å². The van der Waals surface area contributed by atoms with Crippen molar-refractivity contribution in [3.63, 3.8) is 0 Å². The van der Waals surface area contributed by atoms with Crippen LogP contribution < -0.4 is 36.3 Å². The minimum absolute atomic E-state index is 1.11. The third kappa shape index (κ3) is 6.11. The van der Waals surface area contributed by atoms with Crippen molar-refractivity contribution in [1.82, 2.24) is 0 Å². The van der Waals surface area contributed by atoms with Gasteiger partial charge in [-0.1, -0.05) is 235 Å². The van der Waals surface area contributed by atoms with Crippen LogP contribution in [0.5, 0.6) is 0 Å². The molecule has 0 N–H and O–H groups in total. The summed E-state index contributed by atoms with van der Waals surface area (Å²) in [7, 11) is -12.3. The van der Waals surface area contributed by atoms with Crippen LogP contribution >= 0.6 is 0 Å². The van der Waals surface area contributed by atoms with E-state index < -0.39 is 39.2 Å². The van der Waals surface area contributed by atoms with Gasteiger partial charge in [0.1, 0.15) is 16.4 Å². The largest absolute Gasteiger partial charge is 0.458 e. The summed E-state index contributed by atoms with van der Waals surface area (Å²) in [6.45, 7) is 15.7. The number of rotatable bonds is 7. The van der Waals surface area contributed by atoms with Gasteiger partial charge < -0.3 is 4.12 Å². The van der Waals surface area contributed by atoms with Gasteiger partial charge in [-0.2, -0.15) is 0 Å². The van der Waals surface area contributed by atoms with Crippen LogP contribution in [0.25, 0.3) is 0 Å². The molecule has 0 radical (unpaired) electrons. The lowest BCUT2D eigenvalue weighted by molar-refractivity contribution is 0.640. The minimum atomic E-state index is -3.19. The van der Waals surface area contributed by atoms with Gasteiger partial charge in [0.2, 0.25) is 7.83 Å². The van der Waals surface area contributed by atoms with E-state index in [-0.39, 0.29) is 0 Å². The van der Waals surface area contributed by atoms with Crippen LogP contribution in [0.15, 0.2) is 170 Å². The predicted molar refractivity (Wildman–Crippen MR) is 250 cm³/mol. The Bertz CT molecular complexity index is 2270. The molecule has 274 valence electrons. The summed E-state index contributed by atoms with van der Waals surface area (Å²) in [6.07, 6.45) is 0. The Labute approximate surface area is 335 Å². The zero-order valence-corrected chi connectivity index (χ0v) is 38.9. The van der Waals surface area contributed by atoms with Gasteiger partial charge in [0.05, 0.1) is 7.83 Å². The van der Waals surface area contributed by atoms with Crippen LogP contribution in [0.3, 0.4) is 0 Å². The van der Waals surface area contributed by atoms with Crippen molar-refractivity contribution >= 4 is 75.5 Å². The van der Waals surface area contributed by atoms with Crippen molar-refractivity contribution < 1.29 is 4.12 Å². The SMILES string of the molecule is Cc1ccc([SiH]2[SiH2]O[Si](c3ccc(C)cc3)(c3ccc(C)cc3)[Si](c3ccc(C)cc3)(c3ccc(C)cc3)[Si]2(c2ccc(C)cc2)c2ccc(C)cc2)cc1. The molecule has 1 aliphatic rings. The molecule has 0 aliphatic carbocycles. The number of hydrogen-bond acceptors (Lipinski definition) is 1. The maximum absolute atomic E-state index is 8.48. The maximum Gasteiger partial charge on any atom is 0.237 e. The van der Waals surface area contributed by atoms with E-state index in [0.29, 0.717) is 0 Å². The molecule has 1 aliphatic heterocycles. The second-order valence-corrected chi connectivity index (χ2v) is 50.2. The summed E-state index contributed by atoms with van der Waals surface area (Å²) in [5.41, 5.74) is 9.11. The molecule has 0 aromatic heterocycles. The smallest absolute Gasteiger partial charge is 0.237 e. The van der Waals surface area contributed by atoms with E-state index in [2.05, 4.69) is 218 Å². The highest BCUT2D eigenvalue weighted by Crippen LogP contribution is 2.36. The molecule has 1 atom stereocenters. The average molecular weight is 797 g/mol. The van der Waals surface area contributed by atoms with E-state index in [1.54, 1.807) is 15.6 Å². The Morgan fingerprint density at radius 1 is 0.327 bits per heavy atom. The lowest BCUT2D eigenvalue weighted by Gasteiger charge is -2.63. The predicted octanol–water partition coefficient (Wildman–Crippen LogP) is 5.41. The molecule has 1 saturated heterocycles. The van der Waals surface area contributed by atoms with Crippen molar-refractivity contribution in [2.45, 2.75) is 48.5 Å². The van der Waals surface area contributed by atoms with E-state index in [1.165, 1.54) is 59.7 Å². The van der Waals surface area contributed by atoms with E-state index in [4.69, 9.17) is 4.12 Å². The van der Waals surface area contributed by atoms with Gasteiger partial charge in [-0.3, -0.25) is 0 Å². The van der Waals surface area contributed by atoms with Gasteiger partial charge in [-0.15, -0.1) is 0 Å². The lowest BCUT2D eigenvalue weighted by atomic mass is 10.2. The van der Waals surface area contributed by atoms with E-state index in [9.17, 15) is 0 Å². The molecule has 0 bridgehead atoms. The van der Waals surface area contributed by atoms with Crippen molar-refractivity contribution in [1.29, 1.82) is 0 Å². The van der Waals surface area contributed by atoms with Crippen molar-refractivity contribution in [2.24, 2.45) is 0 Å². The summed E-state index contributed by atoms with van der Waals surface area (Å²) in [6, 6.07) is 69.0. The Morgan fingerprint density at radius 2 is 0.582 bits per heavy atom. The first kappa shape index (κ1) is 37.5. The number of benzene rings is 7. The zero-order chi connectivity index (χ0) is 38.4. The maximum atomic E-state index is 8.48. The molecule has 0 amide bonds. The van der Waals surface area contributed by atoms with Crippen LogP contribution in [-0.2, 0) is 4.12 Å². The Kier molecular flexibility index (Phi) is 10.2. The normalized spacial score (nSPS) is 17.5. The van der Waals surface area contributed by atoms with Gasteiger partial charge in [0, 0.05) is 0 Å². The van der Waals surface area contributed by atoms with Crippen molar-refractivity contribution in [3.8, 4) is 0 Å². The molecule has 7 aromatic rings. The standard InChI is InChI=1S/C49H52OSi5/c1-36-8-22-43(23-9-36)52-51-50-53(44-24-10-37(2)11-25-44,45-26-12-38(3)13-27-45)55(48-32-18-41(6)19-33-48,49-34-20-42(7)21-35-49)54(52,46-28-14-39(4)15-29-46)47-30-16-40(5)17-31-47/h8-35,52H,51H2,1-7H3. The molecule has 1 fully saturated rings. The topological polar surface area (TPSA) is 9.23 Å². The Hall–Kier alpha value is -4.42. The van der Waals surface area contributed by atoms with Gasteiger partial charge in [0.25, 0.3) is 0 Å².